The fourth-order valence-corrected chi connectivity index (χ4v) is 2.56. The molecule has 1 aromatic carbocycles. The Bertz CT molecular complexity index is 488. The van der Waals surface area contributed by atoms with Crippen molar-refractivity contribution in [1.29, 1.82) is 0 Å². The Hall–Kier alpha value is -1.88. The summed E-state index contributed by atoms with van der Waals surface area (Å²) in [5.74, 6) is -1.31. The van der Waals surface area contributed by atoms with Crippen molar-refractivity contribution in [3.63, 3.8) is 0 Å². The maximum absolute atomic E-state index is 11.9. The van der Waals surface area contributed by atoms with Crippen LogP contribution >= 0.6 is 0 Å². The summed E-state index contributed by atoms with van der Waals surface area (Å²) >= 11 is 0. The number of benzene rings is 1. The highest BCUT2D eigenvalue weighted by molar-refractivity contribution is 5.84. The normalized spacial score (nSPS) is 22.7. The third kappa shape index (κ3) is 4.56. The molecule has 1 aliphatic rings. The lowest BCUT2D eigenvalue weighted by atomic mass is 10.1. The molecule has 1 heterocycles. The van der Waals surface area contributed by atoms with E-state index in [1.807, 2.05) is 13.0 Å². The van der Waals surface area contributed by atoms with Crippen molar-refractivity contribution >= 4 is 11.9 Å². The monoisotopic (exact) mass is 291 g/mol. The number of aliphatic carboxylic acids is 1. The Morgan fingerprint density at radius 2 is 2.05 bits per heavy atom. The van der Waals surface area contributed by atoms with Crippen molar-refractivity contribution in [2.24, 2.45) is 0 Å². The van der Waals surface area contributed by atoms with Gasteiger partial charge in [0.1, 0.15) is 0 Å². The molecule has 0 bridgehead atoms. The number of nitrogens with one attached hydrogen (secondary N) is 1. The van der Waals surface area contributed by atoms with Crippen molar-refractivity contribution in [2.75, 3.05) is 0 Å². The highest BCUT2D eigenvalue weighted by atomic mass is 16.5. The van der Waals surface area contributed by atoms with E-state index >= 15 is 0 Å². The second-order valence-corrected chi connectivity index (χ2v) is 5.43. The zero-order chi connectivity index (χ0) is 15.2. The van der Waals surface area contributed by atoms with Gasteiger partial charge in [-0.2, -0.15) is 0 Å². The molecule has 114 valence electrons. The van der Waals surface area contributed by atoms with Crippen LogP contribution < -0.4 is 5.32 Å². The summed E-state index contributed by atoms with van der Waals surface area (Å²) < 4.78 is 5.65. The molecular weight excluding hydrogens is 270 g/mol. The third-order valence-electron chi connectivity index (χ3n) is 3.70. The van der Waals surface area contributed by atoms with Crippen molar-refractivity contribution in [2.45, 2.75) is 50.9 Å². The molecule has 0 unspecified atom stereocenters. The van der Waals surface area contributed by atoms with E-state index in [9.17, 15) is 14.7 Å². The van der Waals surface area contributed by atoms with Gasteiger partial charge in [0.25, 0.3) is 0 Å². The molecule has 1 amide bonds. The van der Waals surface area contributed by atoms with Crippen LogP contribution in [0.3, 0.4) is 0 Å². The lowest BCUT2D eigenvalue weighted by molar-refractivity contribution is -0.142. The molecule has 0 aromatic heterocycles. The predicted molar refractivity (Wildman–Crippen MR) is 77.8 cm³/mol. The maximum Gasteiger partial charge on any atom is 0.330 e. The second kappa shape index (κ2) is 7.22. The summed E-state index contributed by atoms with van der Waals surface area (Å²) in [5.41, 5.74) is 0.573. The first-order chi connectivity index (χ1) is 10.1. The van der Waals surface area contributed by atoms with Crippen LogP contribution in [0.2, 0.25) is 0 Å². The van der Waals surface area contributed by atoms with Gasteiger partial charge in [0, 0.05) is 6.42 Å². The molecule has 21 heavy (non-hydrogen) atoms. The molecule has 0 radical (unpaired) electrons. The predicted octanol–water partition coefficient (Wildman–Crippen LogP) is 2.28. The van der Waals surface area contributed by atoms with Gasteiger partial charge in [-0.25, -0.2) is 4.79 Å². The van der Waals surface area contributed by atoms with Crippen molar-refractivity contribution in [3.8, 4) is 0 Å². The van der Waals surface area contributed by atoms with Crippen LogP contribution in [0.1, 0.15) is 44.2 Å². The molecular formula is C16H21NO4. The first kappa shape index (κ1) is 15.5. The second-order valence-electron chi connectivity index (χ2n) is 5.43. The van der Waals surface area contributed by atoms with E-state index in [1.54, 1.807) is 24.3 Å². The number of carboxylic acid groups (broad SMARTS) is 1. The van der Waals surface area contributed by atoms with E-state index in [-0.39, 0.29) is 24.5 Å². The number of amides is 1. The van der Waals surface area contributed by atoms with Gasteiger partial charge >= 0.3 is 5.97 Å². The van der Waals surface area contributed by atoms with Crippen molar-refractivity contribution in [3.05, 3.63) is 35.9 Å². The van der Waals surface area contributed by atoms with E-state index in [1.165, 1.54) is 0 Å². The van der Waals surface area contributed by atoms with Gasteiger partial charge in [-0.15, -0.1) is 0 Å². The summed E-state index contributed by atoms with van der Waals surface area (Å²) in [6.45, 7) is 2.02. The van der Waals surface area contributed by atoms with Gasteiger partial charge in [-0.1, -0.05) is 30.3 Å². The molecule has 3 atom stereocenters. The number of carboxylic acids is 1. The first-order valence-corrected chi connectivity index (χ1v) is 7.29. The molecule has 2 rings (SSSR count). The lowest BCUT2D eigenvalue weighted by Gasteiger charge is -2.16. The molecule has 1 saturated heterocycles. The average Bonchev–Trinajstić information content (AvgIpc) is 2.89. The zero-order valence-corrected chi connectivity index (χ0v) is 12.1. The van der Waals surface area contributed by atoms with E-state index in [2.05, 4.69) is 5.32 Å². The largest absolute Gasteiger partial charge is 0.479 e. The number of ether oxygens (including phenoxy) is 1. The van der Waals surface area contributed by atoms with E-state index in [0.29, 0.717) is 12.0 Å². The molecule has 5 nitrogen and oxygen atoms in total. The topological polar surface area (TPSA) is 75.6 Å². The molecule has 2 N–H and O–H groups in total. The van der Waals surface area contributed by atoms with Crippen LogP contribution in [0.5, 0.6) is 0 Å². The SMILES string of the molecule is C[C@H]1CC[C@H](CCC(=O)N[C@H](C(=O)O)c2ccccc2)O1. The van der Waals surface area contributed by atoms with Gasteiger partial charge in [-0.3, -0.25) is 4.79 Å². The fraction of sp³-hybridized carbons (Fsp3) is 0.500. The smallest absolute Gasteiger partial charge is 0.330 e. The first-order valence-electron chi connectivity index (χ1n) is 7.29. The van der Waals surface area contributed by atoms with Crippen molar-refractivity contribution < 1.29 is 19.4 Å². The number of carbonyl (C=O) groups is 2. The molecule has 0 saturated carbocycles. The summed E-state index contributed by atoms with van der Waals surface area (Å²) in [7, 11) is 0. The lowest BCUT2D eigenvalue weighted by Crippen LogP contribution is -2.34. The van der Waals surface area contributed by atoms with Crippen LogP contribution in [0, 0.1) is 0 Å². The van der Waals surface area contributed by atoms with Crippen molar-refractivity contribution in [1.82, 2.24) is 5.32 Å². The van der Waals surface area contributed by atoms with Gasteiger partial charge in [0.2, 0.25) is 5.91 Å². The fourth-order valence-electron chi connectivity index (χ4n) is 2.56. The number of hydrogen-bond acceptors (Lipinski definition) is 3. The molecule has 1 fully saturated rings. The van der Waals surface area contributed by atoms with Gasteiger partial charge in [-0.05, 0) is 31.7 Å². The summed E-state index contributed by atoms with van der Waals surface area (Å²) in [6, 6.07) is 7.71. The van der Waals surface area contributed by atoms with Crippen LogP contribution in [0.15, 0.2) is 30.3 Å². The molecule has 5 heteroatoms. The summed E-state index contributed by atoms with van der Waals surface area (Å²) in [6.07, 6.45) is 3.29. The maximum atomic E-state index is 11.9. The van der Waals surface area contributed by atoms with Crippen LogP contribution in [0.4, 0.5) is 0 Å². The van der Waals surface area contributed by atoms with E-state index in [4.69, 9.17) is 4.74 Å². The third-order valence-corrected chi connectivity index (χ3v) is 3.70. The Morgan fingerprint density at radius 1 is 1.33 bits per heavy atom. The van der Waals surface area contributed by atoms with E-state index < -0.39 is 12.0 Å². The van der Waals surface area contributed by atoms with Crippen LogP contribution in [0.25, 0.3) is 0 Å². The van der Waals surface area contributed by atoms with E-state index in [0.717, 1.165) is 12.8 Å². The average molecular weight is 291 g/mol. The quantitative estimate of drug-likeness (QED) is 0.843. The Kier molecular flexibility index (Phi) is 5.33. The number of hydrogen-bond donors (Lipinski definition) is 2. The highest BCUT2D eigenvalue weighted by Gasteiger charge is 2.25. The highest BCUT2D eigenvalue weighted by Crippen LogP contribution is 2.22. The minimum Gasteiger partial charge on any atom is -0.479 e. The number of carbonyl (C=O) groups excluding carboxylic acids is 1. The van der Waals surface area contributed by atoms with Gasteiger partial charge < -0.3 is 15.2 Å². The Morgan fingerprint density at radius 3 is 2.62 bits per heavy atom. The van der Waals surface area contributed by atoms with Crippen LogP contribution in [-0.2, 0) is 14.3 Å². The van der Waals surface area contributed by atoms with Gasteiger partial charge in [0.05, 0.1) is 12.2 Å². The Labute approximate surface area is 124 Å². The summed E-state index contributed by atoms with van der Waals surface area (Å²) in [5, 5.41) is 11.8. The standard InChI is InChI=1S/C16H21NO4/c1-11-7-8-13(21-11)9-10-14(18)17-15(16(19)20)12-5-3-2-4-6-12/h2-6,11,13,15H,7-10H2,1H3,(H,17,18)(H,19,20)/t11-,13+,15-/m0/s1. The number of rotatable bonds is 6. The molecule has 0 spiro atoms. The van der Waals surface area contributed by atoms with Crippen LogP contribution in [-0.4, -0.2) is 29.2 Å². The molecule has 1 aromatic rings. The minimum atomic E-state index is -1.06. The molecule has 0 aliphatic carbocycles. The Balaban J connectivity index is 1.86. The van der Waals surface area contributed by atoms with Gasteiger partial charge in [0.15, 0.2) is 6.04 Å². The molecule has 1 aliphatic heterocycles. The summed E-state index contributed by atoms with van der Waals surface area (Å²) in [4.78, 5) is 23.2. The minimum absolute atomic E-state index is 0.116. The zero-order valence-electron chi connectivity index (χ0n) is 12.1.